The zero-order chi connectivity index (χ0) is 15.3. The van der Waals surface area contributed by atoms with E-state index in [2.05, 4.69) is 10.1 Å². The Balaban J connectivity index is 2.78. The molecule has 2 amide bonds. The van der Waals surface area contributed by atoms with Crippen molar-refractivity contribution in [3.8, 4) is 5.75 Å². The minimum atomic E-state index is -1.32. The summed E-state index contributed by atoms with van der Waals surface area (Å²) in [6.45, 7) is -0.244. The first-order chi connectivity index (χ1) is 9.35. The van der Waals surface area contributed by atoms with Crippen LogP contribution in [0.5, 0.6) is 5.75 Å². The number of carboxylic acids is 1. The summed E-state index contributed by atoms with van der Waals surface area (Å²) in [5.41, 5.74) is -0.152. The maximum Gasteiger partial charge on any atom is 0.339 e. The van der Waals surface area contributed by atoms with E-state index in [1.807, 2.05) is 0 Å². The van der Waals surface area contributed by atoms with Crippen molar-refractivity contribution in [1.29, 1.82) is 0 Å². The number of nitrogens with zero attached hydrogens (tertiary/aromatic N) is 1. The van der Waals surface area contributed by atoms with E-state index in [1.54, 1.807) is 0 Å². The molecular weight excluding hydrogens is 268 g/mol. The molecule has 0 heterocycles. The molecule has 108 valence electrons. The molecule has 0 radical (unpaired) electrons. The molecule has 8 heteroatoms. The topological polar surface area (TPSA) is 116 Å². The average molecular weight is 282 g/mol. The molecule has 1 aromatic carbocycles. The van der Waals surface area contributed by atoms with E-state index in [0.717, 1.165) is 17.0 Å². The fraction of sp³-hybridized carbons (Fsp3) is 0.250. The molecule has 0 unspecified atom stereocenters. The predicted octanol–water partition coefficient (Wildman–Crippen LogP) is 0.727. The van der Waals surface area contributed by atoms with E-state index in [4.69, 9.17) is 5.11 Å². The van der Waals surface area contributed by atoms with Crippen molar-refractivity contribution in [2.75, 3.05) is 26.0 Å². The van der Waals surface area contributed by atoms with Crippen LogP contribution in [0.1, 0.15) is 10.4 Å². The summed E-state index contributed by atoms with van der Waals surface area (Å²) in [7, 11) is 2.58. The Morgan fingerprint density at radius 2 is 2.00 bits per heavy atom. The number of amides is 2. The number of likely N-dealkylation sites (N-methyl/N-ethyl adjacent to an activating group) is 1. The summed E-state index contributed by atoms with van der Waals surface area (Å²) in [5.74, 6) is -2.31. The van der Waals surface area contributed by atoms with Crippen molar-refractivity contribution < 1.29 is 29.3 Å². The molecule has 0 aromatic heterocycles. The summed E-state index contributed by atoms with van der Waals surface area (Å²) in [4.78, 5) is 34.6. The Kier molecular flexibility index (Phi) is 4.90. The molecule has 0 fully saturated rings. The van der Waals surface area contributed by atoms with Gasteiger partial charge in [0.25, 0.3) is 0 Å². The van der Waals surface area contributed by atoms with Crippen LogP contribution in [0.4, 0.5) is 10.5 Å². The number of carbonyl (C=O) groups excluding carboxylic acids is 2. The van der Waals surface area contributed by atoms with Crippen LogP contribution in [0.15, 0.2) is 18.2 Å². The highest BCUT2D eigenvalue weighted by molar-refractivity contribution is 5.95. The van der Waals surface area contributed by atoms with Crippen molar-refractivity contribution >= 4 is 23.7 Å². The van der Waals surface area contributed by atoms with Crippen LogP contribution in [0.25, 0.3) is 0 Å². The molecule has 0 saturated heterocycles. The number of carbonyl (C=O) groups is 3. The van der Waals surface area contributed by atoms with Crippen molar-refractivity contribution in [1.82, 2.24) is 4.90 Å². The number of aromatic carboxylic acids is 1. The van der Waals surface area contributed by atoms with Gasteiger partial charge in [0.2, 0.25) is 0 Å². The molecule has 20 heavy (non-hydrogen) atoms. The Morgan fingerprint density at radius 3 is 2.55 bits per heavy atom. The molecule has 0 atom stereocenters. The second-order valence-corrected chi connectivity index (χ2v) is 3.90. The van der Waals surface area contributed by atoms with Crippen LogP contribution in [0, 0.1) is 0 Å². The standard InChI is InChI=1S/C12H14N2O6/c1-14(6-10(16)20-2)12(19)13-7-3-4-9(15)8(5-7)11(17)18/h3-5,15H,6H2,1-2H3,(H,13,19)(H,17,18). The highest BCUT2D eigenvalue weighted by Gasteiger charge is 2.15. The summed E-state index contributed by atoms with van der Waals surface area (Å²) in [5, 5.41) is 20.6. The summed E-state index contributed by atoms with van der Waals surface area (Å²) in [6.07, 6.45) is 0. The fourth-order valence-electron chi connectivity index (χ4n) is 1.33. The summed E-state index contributed by atoms with van der Waals surface area (Å²) < 4.78 is 4.42. The number of urea groups is 1. The fourth-order valence-corrected chi connectivity index (χ4v) is 1.33. The number of methoxy groups -OCH3 is 1. The molecule has 1 aromatic rings. The van der Waals surface area contributed by atoms with Crippen molar-refractivity contribution in [2.45, 2.75) is 0 Å². The Hall–Kier alpha value is -2.77. The summed E-state index contributed by atoms with van der Waals surface area (Å²) >= 11 is 0. The number of aromatic hydroxyl groups is 1. The first-order valence-electron chi connectivity index (χ1n) is 5.50. The zero-order valence-electron chi connectivity index (χ0n) is 10.9. The Labute approximate surface area is 114 Å². The van der Waals surface area contributed by atoms with Crippen LogP contribution in [0.2, 0.25) is 0 Å². The highest BCUT2D eigenvalue weighted by atomic mass is 16.5. The first-order valence-corrected chi connectivity index (χ1v) is 5.50. The zero-order valence-corrected chi connectivity index (χ0v) is 10.9. The van der Waals surface area contributed by atoms with Gasteiger partial charge in [0.15, 0.2) is 0 Å². The molecule has 0 bridgehead atoms. The lowest BCUT2D eigenvalue weighted by Crippen LogP contribution is -2.35. The van der Waals surface area contributed by atoms with Gasteiger partial charge in [0.05, 0.1) is 7.11 Å². The van der Waals surface area contributed by atoms with Gasteiger partial charge in [0.1, 0.15) is 17.9 Å². The van der Waals surface area contributed by atoms with Gasteiger partial charge in [-0.25, -0.2) is 9.59 Å². The molecule has 0 aliphatic heterocycles. The molecule has 0 spiro atoms. The minimum absolute atomic E-state index is 0.182. The SMILES string of the molecule is COC(=O)CN(C)C(=O)Nc1ccc(O)c(C(=O)O)c1. The van der Waals surface area contributed by atoms with Crippen LogP contribution in [0.3, 0.4) is 0 Å². The van der Waals surface area contributed by atoms with E-state index in [1.165, 1.54) is 20.2 Å². The van der Waals surface area contributed by atoms with E-state index in [9.17, 15) is 19.5 Å². The number of carboxylic acid groups (broad SMARTS) is 1. The molecule has 1 rings (SSSR count). The first kappa shape index (κ1) is 15.3. The maximum absolute atomic E-state index is 11.7. The highest BCUT2D eigenvalue weighted by Crippen LogP contribution is 2.21. The number of benzene rings is 1. The Morgan fingerprint density at radius 1 is 1.35 bits per heavy atom. The molecule has 0 aliphatic rings. The number of phenols is 1. The van der Waals surface area contributed by atoms with Crippen LogP contribution < -0.4 is 5.32 Å². The maximum atomic E-state index is 11.7. The lowest BCUT2D eigenvalue weighted by Gasteiger charge is -2.16. The van der Waals surface area contributed by atoms with Gasteiger partial charge >= 0.3 is 18.0 Å². The van der Waals surface area contributed by atoms with E-state index in [0.29, 0.717) is 0 Å². The van der Waals surface area contributed by atoms with Gasteiger partial charge < -0.3 is 25.2 Å². The minimum Gasteiger partial charge on any atom is -0.507 e. The summed E-state index contributed by atoms with van der Waals surface area (Å²) in [6, 6.07) is 2.99. The monoisotopic (exact) mass is 282 g/mol. The van der Waals surface area contributed by atoms with E-state index >= 15 is 0 Å². The largest absolute Gasteiger partial charge is 0.507 e. The van der Waals surface area contributed by atoms with Crippen molar-refractivity contribution in [3.63, 3.8) is 0 Å². The molecular formula is C12H14N2O6. The predicted molar refractivity (Wildman–Crippen MR) is 68.7 cm³/mol. The van der Waals surface area contributed by atoms with E-state index < -0.39 is 23.7 Å². The number of anilines is 1. The van der Waals surface area contributed by atoms with Crippen LogP contribution >= 0.6 is 0 Å². The van der Waals surface area contributed by atoms with E-state index in [-0.39, 0.29) is 17.8 Å². The third-order valence-corrected chi connectivity index (χ3v) is 2.42. The quantitative estimate of drug-likeness (QED) is 0.553. The second kappa shape index (κ2) is 6.41. The van der Waals surface area contributed by atoms with Gasteiger partial charge in [-0.15, -0.1) is 0 Å². The van der Waals surface area contributed by atoms with Gasteiger partial charge in [-0.2, -0.15) is 0 Å². The van der Waals surface area contributed by atoms with Crippen molar-refractivity contribution in [3.05, 3.63) is 23.8 Å². The molecule has 0 aliphatic carbocycles. The molecule has 0 saturated carbocycles. The second-order valence-electron chi connectivity index (χ2n) is 3.90. The smallest absolute Gasteiger partial charge is 0.339 e. The Bertz CT molecular complexity index is 543. The lowest BCUT2D eigenvalue weighted by atomic mass is 10.2. The molecule has 3 N–H and O–H groups in total. The van der Waals surface area contributed by atoms with Gasteiger partial charge in [0, 0.05) is 12.7 Å². The number of esters is 1. The number of nitrogens with one attached hydrogen (secondary N) is 1. The van der Waals surface area contributed by atoms with Gasteiger partial charge in [-0.3, -0.25) is 4.79 Å². The number of rotatable bonds is 4. The van der Waals surface area contributed by atoms with Crippen LogP contribution in [-0.4, -0.2) is 53.8 Å². The normalized spacial score (nSPS) is 9.70. The van der Waals surface area contributed by atoms with Gasteiger partial charge in [-0.1, -0.05) is 0 Å². The van der Waals surface area contributed by atoms with Crippen LogP contribution in [-0.2, 0) is 9.53 Å². The number of hydrogen-bond acceptors (Lipinski definition) is 5. The molecule has 8 nitrogen and oxygen atoms in total. The number of ether oxygens (including phenoxy) is 1. The average Bonchev–Trinajstić information content (AvgIpc) is 2.40. The van der Waals surface area contributed by atoms with Gasteiger partial charge in [-0.05, 0) is 18.2 Å². The lowest BCUT2D eigenvalue weighted by molar-refractivity contribution is -0.140. The third-order valence-electron chi connectivity index (χ3n) is 2.42. The third kappa shape index (κ3) is 3.87. The number of hydrogen-bond donors (Lipinski definition) is 3. The van der Waals surface area contributed by atoms with Crippen molar-refractivity contribution in [2.24, 2.45) is 0 Å².